The highest BCUT2D eigenvalue weighted by Crippen LogP contribution is 2.19. The van der Waals surface area contributed by atoms with Crippen LogP contribution in [0.3, 0.4) is 0 Å². The third-order valence-corrected chi connectivity index (χ3v) is 3.09. The molecule has 0 unspecified atom stereocenters. The Kier molecular flexibility index (Phi) is 5.35. The van der Waals surface area contributed by atoms with Crippen molar-refractivity contribution in [1.29, 1.82) is 0 Å². The number of methoxy groups -OCH3 is 1. The summed E-state index contributed by atoms with van der Waals surface area (Å²) in [5.41, 5.74) is 6.60. The Morgan fingerprint density at radius 1 is 1.58 bits per heavy atom. The number of aromatic nitrogens is 2. The molecule has 0 fully saturated rings. The molecule has 0 saturated heterocycles. The highest BCUT2D eigenvalue weighted by molar-refractivity contribution is 5.97. The quantitative estimate of drug-likeness (QED) is 0.780. The molecule has 19 heavy (non-hydrogen) atoms. The van der Waals surface area contributed by atoms with E-state index in [1.165, 1.54) is 6.20 Å². The zero-order chi connectivity index (χ0) is 14.5. The van der Waals surface area contributed by atoms with Crippen LogP contribution in [0.4, 0.5) is 5.69 Å². The fourth-order valence-electron chi connectivity index (χ4n) is 1.76. The van der Waals surface area contributed by atoms with Crippen LogP contribution in [0.15, 0.2) is 6.20 Å². The molecular formula is C13H24N4O2. The Labute approximate surface area is 114 Å². The van der Waals surface area contributed by atoms with Crippen LogP contribution in [0.2, 0.25) is 0 Å². The summed E-state index contributed by atoms with van der Waals surface area (Å²) < 4.78 is 6.67. The van der Waals surface area contributed by atoms with E-state index in [0.717, 1.165) is 6.42 Å². The van der Waals surface area contributed by atoms with Gasteiger partial charge in [-0.25, -0.2) is 0 Å². The fraction of sp³-hybridized carbons (Fsp3) is 0.692. The first-order valence-corrected chi connectivity index (χ1v) is 6.49. The van der Waals surface area contributed by atoms with Crippen molar-refractivity contribution >= 4 is 11.6 Å². The maximum atomic E-state index is 12.1. The van der Waals surface area contributed by atoms with Crippen molar-refractivity contribution in [2.75, 3.05) is 26.0 Å². The molecule has 0 aromatic carbocycles. The highest BCUT2D eigenvalue weighted by Gasteiger charge is 2.21. The molecular weight excluding hydrogens is 244 g/mol. The summed E-state index contributed by atoms with van der Waals surface area (Å²) in [5, 5.41) is 6.97. The molecule has 0 aliphatic rings. The lowest BCUT2D eigenvalue weighted by Gasteiger charge is -2.24. The van der Waals surface area contributed by atoms with E-state index in [9.17, 15) is 4.79 Å². The molecule has 1 aromatic rings. The summed E-state index contributed by atoms with van der Waals surface area (Å²) >= 11 is 0. The molecule has 1 aromatic heterocycles. The topological polar surface area (TPSA) is 82.2 Å². The summed E-state index contributed by atoms with van der Waals surface area (Å²) in [5.74, 6) is -0.178. The number of amides is 1. The lowest BCUT2D eigenvalue weighted by Crippen LogP contribution is -2.36. The van der Waals surface area contributed by atoms with E-state index < -0.39 is 0 Å². The second-order valence-electron chi connectivity index (χ2n) is 5.35. The molecule has 1 heterocycles. The van der Waals surface area contributed by atoms with Crippen LogP contribution in [0.1, 0.15) is 37.7 Å². The van der Waals surface area contributed by atoms with Crippen LogP contribution in [-0.4, -0.2) is 35.9 Å². The van der Waals surface area contributed by atoms with Crippen molar-refractivity contribution in [3.8, 4) is 0 Å². The van der Waals surface area contributed by atoms with Gasteiger partial charge in [0, 0.05) is 26.8 Å². The molecule has 1 amide bonds. The molecule has 0 bridgehead atoms. The number of nitrogens with two attached hydrogens (primary N) is 1. The minimum atomic E-state index is -0.178. The summed E-state index contributed by atoms with van der Waals surface area (Å²) in [7, 11) is 1.68. The number of hydrogen-bond donors (Lipinski definition) is 2. The molecule has 0 spiro atoms. The molecule has 108 valence electrons. The highest BCUT2D eigenvalue weighted by atomic mass is 16.5. The van der Waals surface area contributed by atoms with Crippen molar-refractivity contribution in [3.63, 3.8) is 0 Å². The summed E-state index contributed by atoms with van der Waals surface area (Å²) in [4.78, 5) is 12.1. The average molecular weight is 268 g/mol. The van der Waals surface area contributed by atoms with Gasteiger partial charge in [-0.2, -0.15) is 5.10 Å². The van der Waals surface area contributed by atoms with E-state index in [4.69, 9.17) is 10.5 Å². The van der Waals surface area contributed by atoms with Gasteiger partial charge in [0.1, 0.15) is 5.69 Å². The van der Waals surface area contributed by atoms with Gasteiger partial charge in [0.05, 0.1) is 11.9 Å². The first-order valence-electron chi connectivity index (χ1n) is 6.49. The summed E-state index contributed by atoms with van der Waals surface area (Å²) in [6.45, 7) is 7.97. The SMILES string of the molecule is CCn1ncc(N)c1C(=O)NCC(C)(C)CCOC. The minimum Gasteiger partial charge on any atom is -0.396 e. The van der Waals surface area contributed by atoms with E-state index in [0.29, 0.717) is 31.1 Å². The largest absolute Gasteiger partial charge is 0.396 e. The Morgan fingerprint density at radius 3 is 2.84 bits per heavy atom. The fourth-order valence-corrected chi connectivity index (χ4v) is 1.76. The Hall–Kier alpha value is -1.56. The molecule has 6 nitrogen and oxygen atoms in total. The van der Waals surface area contributed by atoms with Crippen LogP contribution >= 0.6 is 0 Å². The number of rotatable bonds is 7. The number of nitrogen functional groups attached to an aromatic ring is 1. The third kappa shape index (κ3) is 4.24. The molecule has 3 N–H and O–H groups in total. The molecule has 0 saturated carbocycles. The first kappa shape index (κ1) is 15.5. The molecule has 0 aliphatic heterocycles. The van der Waals surface area contributed by atoms with Gasteiger partial charge in [-0.3, -0.25) is 9.48 Å². The smallest absolute Gasteiger partial charge is 0.271 e. The number of ether oxygens (including phenoxy) is 1. The van der Waals surface area contributed by atoms with E-state index in [1.54, 1.807) is 11.8 Å². The number of nitrogens with one attached hydrogen (secondary N) is 1. The van der Waals surface area contributed by atoms with Gasteiger partial charge in [-0.15, -0.1) is 0 Å². The minimum absolute atomic E-state index is 0.0164. The van der Waals surface area contributed by atoms with E-state index >= 15 is 0 Å². The van der Waals surface area contributed by atoms with Crippen LogP contribution in [0, 0.1) is 5.41 Å². The monoisotopic (exact) mass is 268 g/mol. The number of carbonyl (C=O) groups excluding carboxylic acids is 1. The maximum Gasteiger partial charge on any atom is 0.271 e. The van der Waals surface area contributed by atoms with Gasteiger partial charge in [0.25, 0.3) is 5.91 Å². The number of aryl methyl sites for hydroxylation is 1. The van der Waals surface area contributed by atoms with Gasteiger partial charge in [-0.05, 0) is 18.8 Å². The third-order valence-electron chi connectivity index (χ3n) is 3.09. The van der Waals surface area contributed by atoms with Crippen molar-refractivity contribution in [3.05, 3.63) is 11.9 Å². The molecule has 0 aliphatic carbocycles. The van der Waals surface area contributed by atoms with Gasteiger partial charge < -0.3 is 15.8 Å². The zero-order valence-electron chi connectivity index (χ0n) is 12.2. The van der Waals surface area contributed by atoms with Gasteiger partial charge in [-0.1, -0.05) is 13.8 Å². The van der Waals surface area contributed by atoms with Crippen molar-refractivity contribution in [2.24, 2.45) is 5.41 Å². The second-order valence-corrected chi connectivity index (χ2v) is 5.35. The van der Waals surface area contributed by atoms with E-state index in [2.05, 4.69) is 24.3 Å². The number of hydrogen-bond acceptors (Lipinski definition) is 4. The number of carbonyl (C=O) groups is 1. The van der Waals surface area contributed by atoms with Crippen molar-refractivity contribution in [2.45, 2.75) is 33.7 Å². The molecule has 0 atom stereocenters. The maximum absolute atomic E-state index is 12.1. The Balaban J connectivity index is 2.62. The average Bonchev–Trinajstić information content (AvgIpc) is 2.75. The summed E-state index contributed by atoms with van der Waals surface area (Å²) in [6, 6.07) is 0. The van der Waals surface area contributed by atoms with Crippen LogP contribution in [-0.2, 0) is 11.3 Å². The standard InChI is InChI=1S/C13H24N4O2/c1-5-17-11(10(14)8-16-17)12(18)15-9-13(2,3)6-7-19-4/h8H,5-7,9,14H2,1-4H3,(H,15,18). The predicted octanol–water partition coefficient (Wildman–Crippen LogP) is 1.28. The predicted molar refractivity (Wildman–Crippen MR) is 74.9 cm³/mol. The van der Waals surface area contributed by atoms with E-state index in [-0.39, 0.29) is 11.3 Å². The molecule has 1 rings (SSSR count). The van der Waals surface area contributed by atoms with Crippen LogP contribution in [0.5, 0.6) is 0 Å². The van der Waals surface area contributed by atoms with Crippen molar-refractivity contribution < 1.29 is 9.53 Å². The van der Waals surface area contributed by atoms with Gasteiger partial charge >= 0.3 is 0 Å². The number of anilines is 1. The summed E-state index contributed by atoms with van der Waals surface area (Å²) in [6.07, 6.45) is 2.39. The lowest BCUT2D eigenvalue weighted by atomic mass is 9.89. The normalized spacial score (nSPS) is 11.6. The van der Waals surface area contributed by atoms with Crippen LogP contribution < -0.4 is 11.1 Å². The van der Waals surface area contributed by atoms with Gasteiger partial charge in [0.15, 0.2) is 0 Å². The van der Waals surface area contributed by atoms with E-state index in [1.807, 2.05) is 6.92 Å². The van der Waals surface area contributed by atoms with Gasteiger partial charge in [0.2, 0.25) is 0 Å². The molecule has 6 heteroatoms. The van der Waals surface area contributed by atoms with Crippen molar-refractivity contribution in [1.82, 2.24) is 15.1 Å². The first-order chi connectivity index (χ1) is 8.91. The van der Waals surface area contributed by atoms with Crippen LogP contribution in [0.25, 0.3) is 0 Å². The Morgan fingerprint density at radius 2 is 2.26 bits per heavy atom. The molecule has 0 radical (unpaired) electrons. The number of nitrogens with zero attached hydrogens (tertiary/aromatic N) is 2. The lowest BCUT2D eigenvalue weighted by molar-refractivity contribution is 0.0911. The zero-order valence-corrected chi connectivity index (χ0v) is 12.2. The Bertz CT molecular complexity index is 426. The second kappa shape index (κ2) is 6.56.